The Bertz CT molecular complexity index is 755. The molecule has 0 atom stereocenters. The maximum atomic E-state index is 12.2. The molecule has 148 valence electrons. The second-order valence-electron chi connectivity index (χ2n) is 6.90. The fourth-order valence-corrected chi connectivity index (χ4v) is 3.13. The first kappa shape index (κ1) is 20.3. The van der Waals surface area contributed by atoms with Gasteiger partial charge in [0.05, 0.1) is 13.2 Å². The second kappa shape index (κ2) is 11.4. The van der Waals surface area contributed by atoms with Gasteiger partial charge in [0.2, 0.25) is 5.91 Å². The fourth-order valence-electron chi connectivity index (χ4n) is 3.13. The van der Waals surface area contributed by atoms with Gasteiger partial charge in [-0.25, -0.2) is 0 Å². The molecule has 0 aromatic heterocycles. The summed E-state index contributed by atoms with van der Waals surface area (Å²) in [7, 11) is 0. The lowest BCUT2D eigenvalue weighted by molar-refractivity contribution is -0.116. The van der Waals surface area contributed by atoms with E-state index in [0.717, 1.165) is 57.2 Å². The van der Waals surface area contributed by atoms with E-state index in [2.05, 4.69) is 45.9 Å². The van der Waals surface area contributed by atoms with Crippen LogP contribution < -0.4 is 10.6 Å². The minimum atomic E-state index is 0.0578. The van der Waals surface area contributed by atoms with Crippen molar-refractivity contribution in [3.05, 3.63) is 71.8 Å². The number of anilines is 1. The third kappa shape index (κ3) is 7.27. The fraction of sp³-hybridized carbons (Fsp3) is 0.348. The summed E-state index contributed by atoms with van der Waals surface area (Å²) >= 11 is 0. The molecule has 1 amide bonds. The number of rotatable bonds is 9. The molecule has 1 fully saturated rings. The Kier molecular flexibility index (Phi) is 8.25. The van der Waals surface area contributed by atoms with Gasteiger partial charge in [0, 0.05) is 44.8 Å². The highest BCUT2D eigenvalue weighted by Crippen LogP contribution is 2.11. The summed E-state index contributed by atoms with van der Waals surface area (Å²) in [5, 5.41) is 6.41. The van der Waals surface area contributed by atoms with Gasteiger partial charge in [-0.2, -0.15) is 0 Å². The van der Waals surface area contributed by atoms with Crippen molar-refractivity contribution in [2.24, 2.45) is 0 Å². The molecule has 1 aliphatic heterocycles. The number of morpholine rings is 1. The summed E-state index contributed by atoms with van der Waals surface area (Å²) in [5.74, 6) is 0.0578. The summed E-state index contributed by atoms with van der Waals surface area (Å²) in [4.78, 5) is 14.5. The molecule has 0 aliphatic carbocycles. The minimum Gasteiger partial charge on any atom is -0.379 e. The predicted octanol–water partition coefficient (Wildman–Crippen LogP) is 3.15. The Balaban J connectivity index is 1.38. The number of ether oxygens (including phenoxy) is 1. The van der Waals surface area contributed by atoms with E-state index < -0.39 is 0 Å². The van der Waals surface area contributed by atoms with Crippen molar-refractivity contribution in [2.45, 2.75) is 13.0 Å². The molecule has 5 heteroatoms. The normalized spacial score (nSPS) is 15.0. The quantitative estimate of drug-likeness (QED) is 0.657. The van der Waals surface area contributed by atoms with Gasteiger partial charge in [-0.3, -0.25) is 9.69 Å². The van der Waals surface area contributed by atoms with Crippen LogP contribution in [-0.4, -0.2) is 50.2 Å². The molecule has 3 rings (SSSR count). The molecule has 2 N–H and O–H groups in total. The number of hydrogen-bond acceptors (Lipinski definition) is 4. The zero-order valence-corrected chi connectivity index (χ0v) is 16.3. The van der Waals surface area contributed by atoms with Crippen molar-refractivity contribution < 1.29 is 9.53 Å². The van der Waals surface area contributed by atoms with Crippen LogP contribution in [0.2, 0.25) is 0 Å². The number of amides is 1. The predicted molar refractivity (Wildman–Crippen MR) is 114 cm³/mol. The third-order valence-electron chi connectivity index (χ3n) is 4.67. The van der Waals surface area contributed by atoms with Gasteiger partial charge in [-0.05, 0) is 23.3 Å². The van der Waals surface area contributed by atoms with Crippen molar-refractivity contribution in [3.8, 4) is 0 Å². The number of carbonyl (C=O) groups excluding carboxylic acids is 1. The van der Waals surface area contributed by atoms with E-state index >= 15 is 0 Å². The van der Waals surface area contributed by atoms with Gasteiger partial charge >= 0.3 is 0 Å². The molecule has 1 aliphatic rings. The van der Waals surface area contributed by atoms with Crippen molar-refractivity contribution in [1.82, 2.24) is 10.2 Å². The Hall–Kier alpha value is -2.47. The van der Waals surface area contributed by atoms with E-state index in [1.54, 1.807) is 0 Å². The highest BCUT2D eigenvalue weighted by Gasteiger charge is 2.12. The maximum absolute atomic E-state index is 12.2. The summed E-state index contributed by atoms with van der Waals surface area (Å²) < 4.78 is 5.33. The molecule has 0 saturated carbocycles. The Morgan fingerprint density at radius 3 is 2.71 bits per heavy atom. The average molecular weight is 380 g/mol. The second-order valence-corrected chi connectivity index (χ2v) is 6.90. The molecule has 0 bridgehead atoms. The molecule has 28 heavy (non-hydrogen) atoms. The SMILES string of the molecule is O=C(CCN1CCOCC1)Nc1cccc(CNC/C=C/c2ccccc2)c1. The standard InChI is InChI=1S/C23H29N3O2/c27-23(11-13-26-14-16-28-17-15-26)25-22-10-4-8-21(18-22)19-24-12-5-9-20-6-2-1-3-7-20/h1-10,18,24H,11-17,19H2,(H,25,27)/b9-5+. The van der Waals surface area contributed by atoms with E-state index in [0.29, 0.717) is 6.42 Å². The maximum Gasteiger partial charge on any atom is 0.225 e. The van der Waals surface area contributed by atoms with Crippen molar-refractivity contribution in [1.29, 1.82) is 0 Å². The number of benzene rings is 2. The van der Waals surface area contributed by atoms with E-state index in [1.807, 2.05) is 36.4 Å². The molecular formula is C23H29N3O2. The molecular weight excluding hydrogens is 350 g/mol. The first-order valence-electron chi connectivity index (χ1n) is 9.91. The van der Waals surface area contributed by atoms with Crippen LogP contribution in [0, 0.1) is 0 Å². The van der Waals surface area contributed by atoms with Crippen molar-refractivity contribution in [3.63, 3.8) is 0 Å². The number of nitrogens with zero attached hydrogens (tertiary/aromatic N) is 1. The van der Waals surface area contributed by atoms with Gasteiger partial charge in [0.15, 0.2) is 0 Å². The number of nitrogens with one attached hydrogen (secondary N) is 2. The van der Waals surface area contributed by atoms with E-state index in [1.165, 1.54) is 5.56 Å². The molecule has 2 aromatic rings. The van der Waals surface area contributed by atoms with Gasteiger partial charge in [0.1, 0.15) is 0 Å². The number of hydrogen-bond donors (Lipinski definition) is 2. The lowest BCUT2D eigenvalue weighted by Gasteiger charge is -2.26. The molecule has 1 heterocycles. The van der Waals surface area contributed by atoms with Crippen LogP contribution in [0.3, 0.4) is 0 Å². The molecule has 0 unspecified atom stereocenters. The Morgan fingerprint density at radius 1 is 1.07 bits per heavy atom. The van der Waals surface area contributed by atoms with Gasteiger partial charge in [0.25, 0.3) is 0 Å². The zero-order valence-electron chi connectivity index (χ0n) is 16.3. The minimum absolute atomic E-state index is 0.0578. The molecule has 1 saturated heterocycles. The monoisotopic (exact) mass is 379 g/mol. The lowest BCUT2D eigenvalue weighted by Crippen LogP contribution is -2.38. The van der Waals surface area contributed by atoms with Crippen molar-refractivity contribution >= 4 is 17.7 Å². The summed E-state index contributed by atoms with van der Waals surface area (Å²) in [6.45, 7) is 5.68. The first-order chi connectivity index (χ1) is 13.8. The summed E-state index contributed by atoms with van der Waals surface area (Å²) in [5.41, 5.74) is 3.20. The summed E-state index contributed by atoms with van der Waals surface area (Å²) in [6.07, 6.45) is 4.73. The third-order valence-corrected chi connectivity index (χ3v) is 4.67. The summed E-state index contributed by atoms with van der Waals surface area (Å²) in [6, 6.07) is 18.3. The van der Waals surface area contributed by atoms with Crippen LogP contribution in [0.5, 0.6) is 0 Å². The molecule has 2 aromatic carbocycles. The van der Waals surface area contributed by atoms with Gasteiger partial charge < -0.3 is 15.4 Å². The van der Waals surface area contributed by atoms with Crippen LogP contribution in [0.15, 0.2) is 60.7 Å². The van der Waals surface area contributed by atoms with E-state index in [-0.39, 0.29) is 5.91 Å². The topological polar surface area (TPSA) is 53.6 Å². The lowest BCUT2D eigenvalue weighted by atomic mass is 10.2. The molecule has 0 spiro atoms. The van der Waals surface area contributed by atoms with Gasteiger partial charge in [-0.1, -0.05) is 54.6 Å². The highest BCUT2D eigenvalue weighted by molar-refractivity contribution is 5.90. The number of carbonyl (C=O) groups is 1. The van der Waals surface area contributed by atoms with E-state index in [9.17, 15) is 4.79 Å². The Labute approximate surface area is 167 Å². The van der Waals surface area contributed by atoms with Crippen LogP contribution in [0.4, 0.5) is 5.69 Å². The highest BCUT2D eigenvalue weighted by atomic mass is 16.5. The van der Waals surface area contributed by atoms with Crippen LogP contribution >= 0.6 is 0 Å². The van der Waals surface area contributed by atoms with Gasteiger partial charge in [-0.15, -0.1) is 0 Å². The first-order valence-corrected chi connectivity index (χ1v) is 9.91. The van der Waals surface area contributed by atoms with Crippen LogP contribution in [0.1, 0.15) is 17.5 Å². The molecule has 5 nitrogen and oxygen atoms in total. The van der Waals surface area contributed by atoms with Crippen LogP contribution in [0.25, 0.3) is 6.08 Å². The molecule has 0 radical (unpaired) electrons. The zero-order chi connectivity index (χ0) is 19.4. The Morgan fingerprint density at radius 2 is 1.89 bits per heavy atom. The van der Waals surface area contributed by atoms with E-state index in [4.69, 9.17) is 4.74 Å². The largest absolute Gasteiger partial charge is 0.379 e. The van der Waals surface area contributed by atoms with Crippen molar-refractivity contribution in [2.75, 3.05) is 44.7 Å². The smallest absolute Gasteiger partial charge is 0.225 e. The van der Waals surface area contributed by atoms with Crippen LogP contribution in [-0.2, 0) is 16.1 Å². The average Bonchev–Trinajstić information content (AvgIpc) is 2.74.